The van der Waals surface area contributed by atoms with Crippen LogP contribution < -0.4 is 10.2 Å². The van der Waals surface area contributed by atoms with Crippen molar-refractivity contribution in [2.75, 3.05) is 12.0 Å². The summed E-state index contributed by atoms with van der Waals surface area (Å²) in [5.41, 5.74) is 7.69. The molecule has 1 N–H and O–H groups in total. The molecule has 5 heteroatoms. The monoisotopic (exact) mass is 436 g/mol. The number of nitrogens with one attached hydrogen (secondary N) is 1. The van der Waals surface area contributed by atoms with Gasteiger partial charge in [-0.2, -0.15) is 5.10 Å². The third-order valence-corrected chi connectivity index (χ3v) is 5.14. The maximum absolute atomic E-state index is 5.77. The lowest BCUT2D eigenvalue weighted by Crippen LogP contribution is -2.00. The smallest absolute Gasteiger partial charge is 0.244 e. The summed E-state index contributed by atoms with van der Waals surface area (Å²) >= 11 is 0. The number of unbranched alkanes of at least 4 members (excludes halogenated alkanes) is 2. The molecule has 0 aliphatic rings. The number of ether oxygens (including phenoxy) is 1. The zero-order chi connectivity index (χ0) is 22.7. The summed E-state index contributed by atoms with van der Waals surface area (Å²) in [6, 6.07) is 30.0. The highest BCUT2D eigenvalue weighted by molar-refractivity contribution is 5.80. The maximum atomic E-state index is 5.77. The first-order valence-corrected chi connectivity index (χ1v) is 11.3. The highest BCUT2D eigenvalue weighted by atomic mass is 16.5. The van der Waals surface area contributed by atoms with Crippen molar-refractivity contribution in [2.45, 2.75) is 26.2 Å². The van der Waals surface area contributed by atoms with Crippen molar-refractivity contribution in [1.29, 1.82) is 0 Å². The fourth-order valence-electron chi connectivity index (χ4n) is 3.37. The lowest BCUT2D eigenvalue weighted by Gasteiger charge is -2.08. The Bertz CT molecular complexity index is 1100. The van der Waals surface area contributed by atoms with E-state index in [1.54, 1.807) is 6.21 Å². The average molecular weight is 437 g/mol. The Balaban J connectivity index is 1.48. The number of rotatable bonds is 10. The quantitative estimate of drug-likeness (QED) is 0.168. The Morgan fingerprint density at radius 2 is 1.39 bits per heavy atom. The molecule has 0 radical (unpaired) electrons. The van der Waals surface area contributed by atoms with Gasteiger partial charge in [0.1, 0.15) is 5.75 Å². The Morgan fingerprint density at radius 1 is 0.788 bits per heavy atom. The normalized spacial score (nSPS) is 10.9. The van der Waals surface area contributed by atoms with Gasteiger partial charge >= 0.3 is 0 Å². The highest BCUT2D eigenvalue weighted by Crippen LogP contribution is 2.25. The van der Waals surface area contributed by atoms with E-state index in [9.17, 15) is 0 Å². The lowest BCUT2D eigenvalue weighted by molar-refractivity contribution is 0.306. The predicted molar refractivity (Wildman–Crippen MR) is 136 cm³/mol. The number of hydrazone groups is 1. The lowest BCUT2D eigenvalue weighted by atomic mass is 10.1. The van der Waals surface area contributed by atoms with Crippen LogP contribution in [-0.4, -0.2) is 22.8 Å². The molecule has 33 heavy (non-hydrogen) atoms. The molecule has 166 valence electrons. The van der Waals surface area contributed by atoms with Crippen LogP contribution in [0.2, 0.25) is 0 Å². The van der Waals surface area contributed by atoms with Crippen LogP contribution in [0.5, 0.6) is 5.75 Å². The molecule has 0 fully saturated rings. The van der Waals surface area contributed by atoms with Gasteiger partial charge in [-0.1, -0.05) is 80.4 Å². The third-order valence-electron chi connectivity index (χ3n) is 5.14. The molecule has 4 rings (SSSR count). The van der Waals surface area contributed by atoms with E-state index in [0.717, 1.165) is 46.9 Å². The van der Waals surface area contributed by atoms with Crippen molar-refractivity contribution in [2.24, 2.45) is 5.10 Å². The summed E-state index contributed by atoms with van der Waals surface area (Å²) in [4.78, 5) is 9.33. The number of hydrogen-bond acceptors (Lipinski definition) is 5. The number of aromatic nitrogens is 2. The Morgan fingerprint density at radius 3 is 1.97 bits per heavy atom. The first-order chi connectivity index (χ1) is 16.3. The average Bonchev–Trinajstić information content (AvgIpc) is 2.88. The first-order valence-electron chi connectivity index (χ1n) is 11.3. The van der Waals surface area contributed by atoms with E-state index in [1.807, 2.05) is 91.0 Å². The van der Waals surface area contributed by atoms with Gasteiger partial charge in [-0.3, -0.25) is 0 Å². The van der Waals surface area contributed by atoms with Gasteiger partial charge in [-0.25, -0.2) is 15.4 Å². The molecule has 0 aliphatic carbocycles. The van der Waals surface area contributed by atoms with Gasteiger partial charge in [-0.05, 0) is 42.3 Å². The molecule has 1 heterocycles. The Kier molecular flexibility index (Phi) is 7.79. The Hall–Kier alpha value is -3.99. The van der Waals surface area contributed by atoms with Crippen molar-refractivity contribution in [3.05, 3.63) is 96.6 Å². The van der Waals surface area contributed by atoms with E-state index in [1.165, 1.54) is 12.8 Å². The minimum atomic E-state index is 0.447. The van der Waals surface area contributed by atoms with Gasteiger partial charge in [0.2, 0.25) is 5.95 Å². The molecule has 0 saturated heterocycles. The molecule has 5 nitrogen and oxygen atoms in total. The molecular formula is C28H28N4O. The largest absolute Gasteiger partial charge is 0.494 e. The van der Waals surface area contributed by atoms with Crippen LogP contribution in [0.15, 0.2) is 96.1 Å². The van der Waals surface area contributed by atoms with Crippen LogP contribution in [0.4, 0.5) is 5.95 Å². The van der Waals surface area contributed by atoms with E-state index < -0.39 is 0 Å². The summed E-state index contributed by atoms with van der Waals surface area (Å²) in [6.45, 7) is 2.94. The van der Waals surface area contributed by atoms with E-state index >= 15 is 0 Å². The van der Waals surface area contributed by atoms with Crippen LogP contribution in [0.25, 0.3) is 22.5 Å². The van der Waals surface area contributed by atoms with Crippen molar-refractivity contribution in [1.82, 2.24) is 9.97 Å². The van der Waals surface area contributed by atoms with E-state index in [0.29, 0.717) is 5.95 Å². The second-order valence-corrected chi connectivity index (χ2v) is 7.69. The topological polar surface area (TPSA) is 59.4 Å². The summed E-state index contributed by atoms with van der Waals surface area (Å²) in [7, 11) is 0. The van der Waals surface area contributed by atoms with Crippen LogP contribution in [0.3, 0.4) is 0 Å². The number of nitrogens with zero attached hydrogens (tertiary/aromatic N) is 3. The van der Waals surface area contributed by atoms with Gasteiger partial charge < -0.3 is 4.74 Å². The summed E-state index contributed by atoms with van der Waals surface area (Å²) in [5, 5.41) is 4.36. The third kappa shape index (κ3) is 6.50. The molecule has 0 spiro atoms. The van der Waals surface area contributed by atoms with Crippen molar-refractivity contribution in [3.63, 3.8) is 0 Å². The second-order valence-electron chi connectivity index (χ2n) is 7.69. The first kappa shape index (κ1) is 22.2. The summed E-state index contributed by atoms with van der Waals surface area (Å²) in [5.74, 6) is 1.32. The van der Waals surface area contributed by atoms with E-state index in [2.05, 4.69) is 27.4 Å². The van der Waals surface area contributed by atoms with Crippen molar-refractivity contribution < 1.29 is 4.74 Å². The molecule has 0 amide bonds. The molecule has 1 aromatic heterocycles. The zero-order valence-corrected chi connectivity index (χ0v) is 18.8. The van der Waals surface area contributed by atoms with Crippen LogP contribution in [0, 0.1) is 0 Å². The zero-order valence-electron chi connectivity index (χ0n) is 18.8. The molecule has 4 aromatic rings. The van der Waals surface area contributed by atoms with Gasteiger partial charge in [-0.15, -0.1) is 0 Å². The summed E-state index contributed by atoms with van der Waals surface area (Å²) in [6.07, 6.45) is 5.21. The number of hydrogen-bond donors (Lipinski definition) is 1. The second kappa shape index (κ2) is 11.6. The number of anilines is 1. The SMILES string of the molecule is CCCCCOc1ccc(C=NNc2nc(-c3ccccc3)cc(-c3ccccc3)n2)cc1. The standard InChI is InChI=1S/C28H28N4O/c1-2-3-10-19-33-25-17-15-22(16-18-25)21-29-32-28-30-26(23-11-6-4-7-12-23)20-27(31-28)24-13-8-5-9-14-24/h4-9,11-18,20-21H,2-3,10,19H2,1H3,(H,30,31,32). The van der Waals surface area contributed by atoms with Gasteiger partial charge in [0.25, 0.3) is 0 Å². The van der Waals surface area contributed by atoms with Gasteiger partial charge in [0, 0.05) is 11.1 Å². The van der Waals surface area contributed by atoms with Crippen LogP contribution in [-0.2, 0) is 0 Å². The summed E-state index contributed by atoms with van der Waals surface area (Å²) < 4.78 is 5.77. The predicted octanol–water partition coefficient (Wildman–Crippen LogP) is 6.83. The molecule has 0 bridgehead atoms. The molecule has 3 aromatic carbocycles. The molecule has 0 unspecified atom stereocenters. The maximum Gasteiger partial charge on any atom is 0.244 e. The van der Waals surface area contributed by atoms with Crippen molar-refractivity contribution in [3.8, 4) is 28.3 Å². The Labute approximate surface area is 195 Å². The van der Waals surface area contributed by atoms with Crippen molar-refractivity contribution >= 4 is 12.2 Å². The fraction of sp³-hybridized carbons (Fsp3) is 0.179. The fourth-order valence-corrected chi connectivity index (χ4v) is 3.37. The van der Waals surface area contributed by atoms with Gasteiger partial charge in [0.05, 0.1) is 24.2 Å². The van der Waals surface area contributed by atoms with Crippen LogP contribution >= 0.6 is 0 Å². The molecule has 0 aliphatic heterocycles. The molecule has 0 atom stereocenters. The van der Waals surface area contributed by atoms with E-state index in [4.69, 9.17) is 4.74 Å². The molecular weight excluding hydrogens is 408 g/mol. The molecule has 0 saturated carbocycles. The van der Waals surface area contributed by atoms with Gasteiger partial charge in [0.15, 0.2) is 0 Å². The van der Waals surface area contributed by atoms with E-state index in [-0.39, 0.29) is 0 Å². The minimum Gasteiger partial charge on any atom is -0.494 e. The highest BCUT2D eigenvalue weighted by Gasteiger charge is 2.08. The minimum absolute atomic E-state index is 0.447. The van der Waals surface area contributed by atoms with Crippen LogP contribution in [0.1, 0.15) is 31.7 Å². The number of benzene rings is 3.